The Bertz CT molecular complexity index is 416. The molecule has 3 heteroatoms. The van der Waals surface area contributed by atoms with Gasteiger partial charge in [-0.05, 0) is 31.1 Å². The van der Waals surface area contributed by atoms with E-state index >= 15 is 0 Å². The number of hydrogen-bond acceptors (Lipinski definition) is 3. The van der Waals surface area contributed by atoms with Crippen LogP contribution in [0, 0.1) is 5.41 Å². The first-order chi connectivity index (χ1) is 8.49. The van der Waals surface area contributed by atoms with Gasteiger partial charge in [0.2, 0.25) is 0 Å². The summed E-state index contributed by atoms with van der Waals surface area (Å²) in [6.45, 7) is 9.01. The van der Waals surface area contributed by atoms with Gasteiger partial charge in [0.25, 0.3) is 0 Å². The molecule has 1 spiro atoms. The fraction of sp³-hybridized carbons (Fsp3) is 0.800. The molecule has 2 heterocycles. The van der Waals surface area contributed by atoms with Gasteiger partial charge in [0.15, 0.2) is 0 Å². The molecule has 1 N–H and O–H groups in total. The van der Waals surface area contributed by atoms with E-state index in [4.69, 9.17) is 4.52 Å². The van der Waals surface area contributed by atoms with Crippen molar-refractivity contribution in [1.82, 2.24) is 10.5 Å². The lowest BCUT2D eigenvalue weighted by Crippen LogP contribution is -2.54. The van der Waals surface area contributed by atoms with Crippen LogP contribution in [0.4, 0.5) is 0 Å². The molecule has 0 radical (unpaired) electrons. The molecule has 2 aliphatic rings. The molecule has 1 aliphatic carbocycles. The SMILES string of the molecule is CC(C)(C)c1cc(C2CCC3(CC2)CNC3)on1. The van der Waals surface area contributed by atoms with Crippen molar-refractivity contribution in [3.63, 3.8) is 0 Å². The van der Waals surface area contributed by atoms with E-state index in [-0.39, 0.29) is 5.41 Å². The predicted octanol–water partition coefficient (Wildman–Crippen LogP) is 3.22. The fourth-order valence-corrected chi connectivity index (χ4v) is 3.18. The van der Waals surface area contributed by atoms with Crippen molar-refractivity contribution in [2.24, 2.45) is 5.41 Å². The molecule has 1 saturated carbocycles. The number of nitrogens with one attached hydrogen (secondary N) is 1. The summed E-state index contributed by atoms with van der Waals surface area (Å²) in [6, 6.07) is 2.18. The minimum Gasteiger partial charge on any atom is -0.361 e. The summed E-state index contributed by atoms with van der Waals surface area (Å²) in [4.78, 5) is 0. The molecule has 100 valence electrons. The van der Waals surface area contributed by atoms with Crippen molar-refractivity contribution in [1.29, 1.82) is 0 Å². The Balaban J connectivity index is 1.67. The van der Waals surface area contributed by atoms with Gasteiger partial charge in [-0.15, -0.1) is 0 Å². The first-order valence-electron chi connectivity index (χ1n) is 7.16. The highest BCUT2D eigenvalue weighted by atomic mass is 16.5. The number of aromatic nitrogens is 1. The minimum atomic E-state index is 0.0928. The lowest BCUT2D eigenvalue weighted by atomic mass is 9.66. The molecule has 0 unspecified atom stereocenters. The summed E-state index contributed by atoms with van der Waals surface area (Å²) >= 11 is 0. The van der Waals surface area contributed by atoms with Crippen LogP contribution >= 0.6 is 0 Å². The van der Waals surface area contributed by atoms with Gasteiger partial charge in [-0.2, -0.15) is 0 Å². The average molecular weight is 248 g/mol. The lowest BCUT2D eigenvalue weighted by molar-refractivity contribution is 0.0921. The largest absolute Gasteiger partial charge is 0.361 e. The van der Waals surface area contributed by atoms with E-state index in [0.717, 1.165) is 11.5 Å². The highest BCUT2D eigenvalue weighted by Crippen LogP contribution is 2.45. The number of hydrogen-bond donors (Lipinski definition) is 1. The molecule has 1 saturated heterocycles. The Kier molecular flexibility index (Phi) is 2.77. The normalized spacial score (nSPS) is 24.2. The molecule has 1 aromatic heterocycles. The highest BCUT2D eigenvalue weighted by molar-refractivity contribution is 5.17. The predicted molar refractivity (Wildman–Crippen MR) is 71.7 cm³/mol. The molecule has 18 heavy (non-hydrogen) atoms. The van der Waals surface area contributed by atoms with Crippen LogP contribution in [0.3, 0.4) is 0 Å². The third kappa shape index (κ3) is 2.09. The fourth-order valence-electron chi connectivity index (χ4n) is 3.18. The molecule has 1 aromatic rings. The summed E-state index contributed by atoms with van der Waals surface area (Å²) in [5, 5.41) is 7.66. The monoisotopic (exact) mass is 248 g/mol. The zero-order valence-electron chi connectivity index (χ0n) is 11.8. The highest BCUT2D eigenvalue weighted by Gasteiger charge is 2.41. The van der Waals surface area contributed by atoms with E-state index in [2.05, 4.69) is 37.3 Å². The second-order valence-electron chi connectivity index (χ2n) is 7.24. The third-order valence-corrected chi connectivity index (χ3v) is 4.75. The van der Waals surface area contributed by atoms with E-state index in [0.29, 0.717) is 11.3 Å². The van der Waals surface area contributed by atoms with E-state index in [9.17, 15) is 0 Å². The van der Waals surface area contributed by atoms with Crippen LogP contribution in [-0.4, -0.2) is 18.2 Å². The second kappa shape index (κ2) is 4.09. The molecule has 0 amide bonds. The van der Waals surface area contributed by atoms with Gasteiger partial charge >= 0.3 is 0 Å². The van der Waals surface area contributed by atoms with Crippen molar-refractivity contribution in [2.75, 3.05) is 13.1 Å². The number of nitrogens with zero attached hydrogens (tertiary/aromatic N) is 1. The second-order valence-corrected chi connectivity index (χ2v) is 7.24. The van der Waals surface area contributed by atoms with Crippen molar-refractivity contribution in [2.45, 2.75) is 57.8 Å². The van der Waals surface area contributed by atoms with Gasteiger partial charge in [0.1, 0.15) is 5.76 Å². The van der Waals surface area contributed by atoms with E-state index in [1.54, 1.807) is 0 Å². The van der Waals surface area contributed by atoms with Gasteiger partial charge in [-0.3, -0.25) is 0 Å². The van der Waals surface area contributed by atoms with Gasteiger partial charge < -0.3 is 9.84 Å². The summed E-state index contributed by atoms with van der Waals surface area (Å²) in [5.74, 6) is 1.71. The zero-order valence-corrected chi connectivity index (χ0v) is 11.8. The molecule has 0 atom stereocenters. The van der Waals surface area contributed by atoms with Gasteiger partial charge in [-0.1, -0.05) is 25.9 Å². The summed E-state index contributed by atoms with van der Waals surface area (Å²) in [5.41, 5.74) is 1.81. The molecular weight excluding hydrogens is 224 g/mol. The van der Waals surface area contributed by atoms with Crippen LogP contribution in [0.25, 0.3) is 0 Å². The van der Waals surface area contributed by atoms with Gasteiger partial charge in [0, 0.05) is 30.5 Å². The topological polar surface area (TPSA) is 38.1 Å². The van der Waals surface area contributed by atoms with Crippen LogP contribution in [0.1, 0.15) is 63.8 Å². The molecule has 0 aromatic carbocycles. The van der Waals surface area contributed by atoms with Crippen LogP contribution in [0.2, 0.25) is 0 Å². The Morgan fingerprint density at radius 1 is 1.28 bits per heavy atom. The van der Waals surface area contributed by atoms with Crippen LogP contribution < -0.4 is 5.32 Å². The van der Waals surface area contributed by atoms with Crippen LogP contribution in [0.15, 0.2) is 10.6 Å². The van der Waals surface area contributed by atoms with E-state index in [1.807, 2.05) is 0 Å². The lowest BCUT2D eigenvalue weighted by Gasteiger charge is -2.47. The Labute approximate surface area is 109 Å². The van der Waals surface area contributed by atoms with Crippen molar-refractivity contribution in [3.8, 4) is 0 Å². The maximum absolute atomic E-state index is 5.58. The standard InChI is InChI=1S/C15H24N2O/c1-14(2,3)13-8-12(18-17-13)11-4-6-15(7-5-11)9-16-10-15/h8,11,16H,4-7,9-10H2,1-3H3. The summed E-state index contributed by atoms with van der Waals surface area (Å²) < 4.78 is 5.58. The molecule has 1 aliphatic heterocycles. The smallest absolute Gasteiger partial charge is 0.140 e. The molecule has 0 bridgehead atoms. The Morgan fingerprint density at radius 2 is 1.94 bits per heavy atom. The molecular formula is C15H24N2O. The molecule has 3 rings (SSSR count). The van der Waals surface area contributed by atoms with Crippen LogP contribution in [0.5, 0.6) is 0 Å². The molecule has 3 nitrogen and oxygen atoms in total. The Morgan fingerprint density at radius 3 is 2.39 bits per heavy atom. The van der Waals surface area contributed by atoms with Gasteiger partial charge in [0.05, 0.1) is 5.69 Å². The summed E-state index contributed by atoms with van der Waals surface area (Å²) in [7, 11) is 0. The van der Waals surface area contributed by atoms with Crippen molar-refractivity contribution in [3.05, 3.63) is 17.5 Å². The van der Waals surface area contributed by atoms with E-state index < -0.39 is 0 Å². The maximum Gasteiger partial charge on any atom is 0.140 e. The quantitative estimate of drug-likeness (QED) is 0.829. The maximum atomic E-state index is 5.58. The van der Waals surface area contributed by atoms with E-state index in [1.165, 1.54) is 38.8 Å². The van der Waals surface area contributed by atoms with Gasteiger partial charge in [-0.25, -0.2) is 0 Å². The Hall–Kier alpha value is -0.830. The number of rotatable bonds is 1. The third-order valence-electron chi connectivity index (χ3n) is 4.75. The van der Waals surface area contributed by atoms with Crippen LogP contribution in [-0.2, 0) is 5.41 Å². The minimum absolute atomic E-state index is 0.0928. The first-order valence-corrected chi connectivity index (χ1v) is 7.16. The first kappa shape index (κ1) is 12.2. The van der Waals surface area contributed by atoms with Crippen molar-refractivity contribution < 1.29 is 4.52 Å². The molecule has 2 fully saturated rings. The van der Waals surface area contributed by atoms with Crippen molar-refractivity contribution >= 4 is 0 Å². The summed E-state index contributed by atoms with van der Waals surface area (Å²) in [6.07, 6.45) is 5.22. The average Bonchev–Trinajstić information content (AvgIpc) is 2.76. The zero-order chi connectivity index (χ0) is 12.8.